The Balaban J connectivity index is 2.17. The van der Waals surface area contributed by atoms with E-state index in [0.717, 1.165) is 4.90 Å². The number of hydrogen-bond acceptors (Lipinski definition) is 3. The van der Waals surface area contributed by atoms with Crippen molar-refractivity contribution < 1.29 is 9.59 Å². The molecule has 0 fully saturated rings. The minimum Gasteiger partial charge on any atom is -0.357 e. The molecule has 0 bridgehead atoms. The number of carbonyl (C=O) groups excluding carboxylic acids is 2. The average Bonchev–Trinajstić information content (AvgIpc) is 2.70. The van der Waals surface area contributed by atoms with Crippen LogP contribution in [-0.4, -0.2) is 35.6 Å². The van der Waals surface area contributed by atoms with Gasteiger partial charge in [-0.3, -0.25) is 9.59 Å². The Bertz CT molecular complexity index is 782. The minimum atomic E-state index is -0.577. The van der Waals surface area contributed by atoms with Gasteiger partial charge in [0.25, 0.3) is 0 Å². The molecular weight excluding hydrogens is 415 g/mol. The number of amides is 2. The quantitative estimate of drug-likeness (QED) is 0.558. The summed E-state index contributed by atoms with van der Waals surface area (Å²) in [7, 11) is 1.57. The van der Waals surface area contributed by atoms with Crippen LogP contribution in [0.2, 0.25) is 10.0 Å². The SMILES string of the molecule is CC[C@H](C(=O)NC)N(Cc1c(Cl)cccc1Cl)C(=O)CCSc1ccccc1. The molecular formula is C21H24Cl2N2O2S. The van der Waals surface area contributed by atoms with Crippen LogP contribution in [0.15, 0.2) is 53.4 Å². The minimum absolute atomic E-state index is 0.102. The molecule has 2 rings (SSSR count). The van der Waals surface area contributed by atoms with Crippen molar-refractivity contribution in [2.45, 2.75) is 37.2 Å². The largest absolute Gasteiger partial charge is 0.357 e. The zero-order chi connectivity index (χ0) is 20.5. The number of nitrogens with one attached hydrogen (secondary N) is 1. The summed E-state index contributed by atoms with van der Waals surface area (Å²) in [5.74, 6) is 0.323. The summed E-state index contributed by atoms with van der Waals surface area (Å²) in [6.07, 6.45) is 0.814. The summed E-state index contributed by atoms with van der Waals surface area (Å²) in [5.41, 5.74) is 0.650. The summed E-state index contributed by atoms with van der Waals surface area (Å²) in [5, 5.41) is 3.61. The molecule has 0 saturated heterocycles. The second kappa shape index (κ2) is 11.3. The second-order valence-electron chi connectivity index (χ2n) is 6.17. The lowest BCUT2D eigenvalue weighted by molar-refractivity contribution is -0.140. The Morgan fingerprint density at radius 2 is 1.71 bits per heavy atom. The summed E-state index contributed by atoms with van der Waals surface area (Å²) in [6, 6.07) is 14.6. The van der Waals surface area contributed by atoms with Crippen LogP contribution >= 0.6 is 35.0 Å². The summed E-state index contributed by atoms with van der Waals surface area (Å²) in [6.45, 7) is 2.08. The lowest BCUT2D eigenvalue weighted by Gasteiger charge is -2.31. The van der Waals surface area contributed by atoms with Crippen LogP contribution < -0.4 is 5.32 Å². The van der Waals surface area contributed by atoms with Crippen molar-refractivity contribution in [3.63, 3.8) is 0 Å². The zero-order valence-electron chi connectivity index (χ0n) is 16.0. The van der Waals surface area contributed by atoms with Gasteiger partial charge in [-0.05, 0) is 30.7 Å². The van der Waals surface area contributed by atoms with Gasteiger partial charge in [0.05, 0.1) is 0 Å². The monoisotopic (exact) mass is 438 g/mol. The van der Waals surface area contributed by atoms with Gasteiger partial charge in [-0.1, -0.05) is 54.4 Å². The van der Waals surface area contributed by atoms with Gasteiger partial charge in [-0.15, -0.1) is 11.8 Å². The molecule has 2 aromatic rings. The predicted molar refractivity (Wildman–Crippen MR) is 117 cm³/mol. The van der Waals surface area contributed by atoms with E-state index in [9.17, 15) is 9.59 Å². The van der Waals surface area contributed by atoms with Crippen LogP contribution in [0, 0.1) is 0 Å². The van der Waals surface area contributed by atoms with Crippen LogP contribution in [0.4, 0.5) is 0 Å². The van der Waals surface area contributed by atoms with Gasteiger partial charge in [0, 0.05) is 46.3 Å². The normalized spacial score (nSPS) is 11.7. The van der Waals surface area contributed by atoms with E-state index in [1.54, 1.807) is 41.9 Å². The Morgan fingerprint density at radius 3 is 2.29 bits per heavy atom. The number of likely N-dealkylation sites (N-methyl/N-ethyl adjacent to an activating group) is 1. The number of halogens is 2. The summed E-state index contributed by atoms with van der Waals surface area (Å²) in [4.78, 5) is 28.1. The van der Waals surface area contributed by atoms with Gasteiger partial charge >= 0.3 is 0 Å². The molecule has 0 aliphatic carbocycles. The van der Waals surface area contributed by atoms with Crippen molar-refractivity contribution >= 4 is 46.8 Å². The maximum atomic E-state index is 13.0. The molecule has 1 N–H and O–H groups in total. The van der Waals surface area contributed by atoms with E-state index in [-0.39, 0.29) is 18.4 Å². The lowest BCUT2D eigenvalue weighted by atomic mass is 10.1. The third-order valence-corrected chi connectivity index (χ3v) is 6.07. The highest BCUT2D eigenvalue weighted by molar-refractivity contribution is 7.99. The first-order chi connectivity index (χ1) is 13.5. The molecule has 0 heterocycles. The molecule has 4 nitrogen and oxygen atoms in total. The molecule has 0 unspecified atom stereocenters. The summed E-state index contributed by atoms with van der Waals surface area (Å²) < 4.78 is 0. The smallest absolute Gasteiger partial charge is 0.242 e. The van der Waals surface area contributed by atoms with E-state index < -0.39 is 6.04 Å². The predicted octanol–water partition coefficient (Wildman–Crippen LogP) is 5.03. The van der Waals surface area contributed by atoms with Gasteiger partial charge in [-0.2, -0.15) is 0 Å². The number of thioether (sulfide) groups is 1. The van der Waals surface area contributed by atoms with Crippen molar-refractivity contribution in [3.8, 4) is 0 Å². The molecule has 2 amide bonds. The Labute approximate surface area is 180 Å². The third-order valence-electron chi connectivity index (χ3n) is 4.35. The Kier molecular flexibility index (Phi) is 9.16. The highest BCUT2D eigenvalue weighted by Crippen LogP contribution is 2.27. The van der Waals surface area contributed by atoms with Gasteiger partial charge in [-0.25, -0.2) is 0 Å². The van der Waals surface area contributed by atoms with E-state index in [2.05, 4.69) is 5.32 Å². The first kappa shape index (κ1) is 22.6. The Morgan fingerprint density at radius 1 is 1.07 bits per heavy atom. The van der Waals surface area contributed by atoms with E-state index in [0.29, 0.717) is 34.2 Å². The molecule has 28 heavy (non-hydrogen) atoms. The molecule has 0 saturated carbocycles. The van der Waals surface area contributed by atoms with Crippen LogP contribution in [0.25, 0.3) is 0 Å². The topological polar surface area (TPSA) is 49.4 Å². The molecule has 7 heteroatoms. The molecule has 150 valence electrons. The standard InChI is InChI=1S/C21H24Cl2N2O2S/c1-3-19(21(27)24-2)25(14-16-17(22)10-7-11-18(16)23)20(26)12-13-28-15-8-5-4-6-9-15/h4-11,19H,3,12-14H2,1-2H3,(H,24,27)/t19-/m1/s1. The highest BCUT2D eigenvalue weighted by atomic mass is 35.5. The molecule has 0 radical (unpaired) electrons. The number of hydrogen-bond donors (Lipinski definition) is 1. The molecule has 0 aliphatic heterocycles. The van der Waals surface area contributed by atoms with Crippen LogP contribution in [0.5, 0.6) is 0 Å². The van der Waals surface area contributed by atoms with E-state index in [4.69, 9.17) is 23.2 Å². The fraction of sp³-hybridized carbons (Fsp3) is 0.333. The number of benzene rings is 2. The Hall–Kier alpha value is -1.69. The van der Waals surface area contributed by atoms with Gasteiger partial charge in [0.15, 0.2) is 0 Å². The lowest BCUT2D eigenvalue weighted by Crippen LogP contribution is -2.48. The van der Waals surface area contributed by atoms with Crippen molar-refractivity contribution in [2.75, 3.05) is 12.8 Å². The van der Waals surface area contributed by atoms with Crippen LogP contribution in [0.3, 0.4) is 0 Å². The maximum absolute atomic E-state index is 13.0. The van der Waals surface area contributed by atoms with Crippen molar-refractivity contribution in [1.29, 1.82) is 0 Å². The van der Waals surface area contributed by atoms with Crippen LogP contribution in [0.1, 0.15) is 25.3 Å². The number of carbonyl (C=O) groups is 2. The van der Waals surface area contributed by atoms with Crippen LogP contribution in [-0.2, 0) is 16.1 Å². The van der Waals surface area contributed by atoms with Gasteiger partial charge < -0.3 is 10.2 Å². The third kappa shape index (κ3) is 6.16. The first-order valence-corrected chi connectivity index (χ1v) is 10.8. The number of rotatable bonds is 9. The van der Waals surface area contributed by atoms with E-state index in [1.807, 2.05) is 37.3 Å². The zero-order valence-corrected chi connectivity index (χ0v) is 18.3. The molecule has 1 atom stereocenters. The summed E-state index contributed by atoms with van der Waals surface area (Å²) >= 11 is 14.2. The molecule has 0 aliphatic rings. The van der Waals surface area contributed by atoms with Gasteiger partial charge in [0.1, 0.15) is 6.04 Å². The first-order valence-electron chi connectivity index (χ1n) is 9.09. The maximum Gasteiger partial charge on any atom is 0.242 e. The highest BCUT2D eigenvalue weighted by Gasteiger charge is 2.28. The van der Waals surface area contributed by atoms with Crippen molar-refractivity contribution in [3.05, 3.63) is 64.1 Å². The van der Waals surface area contributed by atoms with E-state index in [1.165, 1.54) is 0 Å². The fourth-order valence-corrected chi connectivity index (χ4v) is 4.24. The number of nitrogens with zero attached hydrogens (tertiary/aromatic N) is 1. The van der Waals surface area contributed by atoms with E-state index >= 15 is 0 Å². The van der Waals surface area contributed by atoms with Crippen molar-refractivity contribution in [1.82, 2.24) is 10.2 Å². The van der Waals surface area contributed by atoms with Gasteiger partial charge in [0.2, 0.25) is 11.8 Å². The van der Waals surface area contributed by atoms with Crippen molar-refractivity contribution in [2.24, 2.45) is 0 Å². The molecule has 0 aromatic heterocycles. The fourth-order valence-electron chi connectivity index (χ4n) is 2.86. The molecule has 2 aromatic carbocycles. The second-order valence-corrected chi connectivity index (χ2v) is 8.15. The average molecular weight is 439 g/mol. The molecule has 0 spiro atoms.